The molecule has 1 aromatic heterocycles. The molecule has 2 aromatic rings. The summed E-state index contributed by atoms with van der Waals surface area (Å²) in [4.78, 5) is 4.63. The van der Waals surface area contributed by atoms with Gasteiger partial charge < -0.3 is 9.84 Å². The van der Waals surface area contributed by atoms with Crippen LogP contribution in [-0.2, 0) is 11.8 Å². The first-order valence-electron chi connectivity index (χ1n) is 7.22. The molecule has 0 aliphatic heterocycles. The summed E-state index contributed by atoms with van der Waals surface area (Å²) in [6, 6.07) is 8.85. The largest absolute Gasteiger partial charge is 0.338 e. The van der Waals surface area contributed by atoms with Gasteiger partial charge in [0.15, 0.2) is 5.82 Å². The highest BCUT2D eigenvalue weighted by Crippen LogP contribution is 2.53. The molecule has 4 nitrogen and oxygen atoms in total. The van der Waals surface area contributed by atoms with Crippen LogP contribution in [0.1, 0.15) is 42.6 Å². The first kappa shape index (κ1) is 13.3. The maximum Gasteiger partial charge on any atom is 0.237 e. The third kappa shape index (κ3) is 2.24. The van der Waals surface area contributed by atoms with E-state index < -0.39 is 0 Å². The fraction of sp³-hybridized carbons (Fsp3) is 0.500. The Bertz CT molecular complexity index is 601. The summed E-state index contributed by atoms with van der Waals surface area (Å²) in [5, 5.41) is 7.34. The van der Waals surface area contributed by atoms with Gasteiger partial charge in [-0.2, -0.15) is 4.98 Å². The average molecular weight is 271 g/mol. The van der Waals surface area contributed by atoms with Crippen molar-refractivity contribution in [3.05, 3.63) is 47.1 Å². The van der Waals surface area contributed by atoms with Crippen LogP contribution in [0.4, 0.5) is 0 Å². The topological polar surface area (TPSA) is 51.0 Å². The Morgan fingerprint density at radius 2 is 2.10 bits per heavy atom. The molecule has 0 spiro atoms. The van der Waals surface area contributed by atoms with Gasteiger partial charge in [0, 0.05) is 12.5 Å². The number of likely N-dealkylation sites (N-methyl/N-ethyl adjacent to an activating group) is 1. The minimum absolute atomic E-state index is 0.0283. The zero-order valence-electron chi connectivity index (χ0n) is 12.3. The molecule has 1 fully saturated rings. The van der Waals surface area contributed by atoms with Gasteiger partial charge in [-0.15, -0.1) is 0 Å². The van der Waals surface area contributed by atoms with Crippen LogP contribution in [0.2, 0.25) is 0 Å². The highest BCUT2D eigenvalue weighted by molar-refractivity contribution is 5.43. The van der Waals surface area contributed by atoms with E-state index in [0.29, 0.717) is 6.04 Å². The van der Waals surface area contributed by atoms with E-state index in [1.807, 2.05) is 7.05 Å². The molecule has 1 atom stereocenters. The van der Waals surface area contributed by atoms with Crippen molar-refractivity contribution in [2.45, 2.75) is 44.6 Å². The molecule has 1 aromatic carbocycles. The maximum atomic E-state index is 5.56. The number of nitrogens with zero attached hydrogens (tertiary/aromatic N) is 2. The minimum atomic E-state index is -0.0283. The van der Waals surface area contributed by atoms with E-state index >= 15 is 0 Å². The predicted molar refractivity (Wildman–Crippen MR) is 77.7 cm³/mol. The second kappa shape index (κ2) is 5.02. The Kier molecular flexibility index (Phi) is 3.34. The second-order valence-electron chi connectivity index (χ2n) is 5.81. The Balaban J connectivity index is 1.88. The summed E-state index contributed by atoms with van der Waals surface area (Å²) in [6.07, 6.45) is 2.99. The summed E-state index contributed by atoms with van der Waals surface area (Å²) in [7, 11) is 1.95. The van der Waals surface area contributed by atoms with Crippen molar-refractivity contribution in [1.82, 2.24) is 15.5 Å². The molecule has 1 aliphatic rings. The van der Waals surface area contributed by atoms with Crippen LogP contribution in [0.15, 0.2) is 28.8 Å². The number of rotatable bonds is 5. The smallest absolute Gasteiger partial charge is 0.237 e. The molecule has 1 unspecified atom stereocenters. The van der Waals surface area contributed by atoms with Crippen molar-refractivity contribution < 1.29 is 4.52 Å². The van der Waals surface area contributed by atoms with Crippen molar-refractivity contribution in [2.75, 3.05) is 7.05 Å². The van der Waals surface area contributed by atoms with E-state index in [1.165, 1.54) is 11.1 Å². The van der Waals surface area contributed by atoms with Crippen LogP contribution in [0.25, 0.3) is 0 Å². The van der Waals surface area contributed by atoms with Crippen LogP contribution < -0.4 is 5.32 Å². The molecule has 0 bridgehead atoms. The third-order valence-corrected chi connectivity index (χ3v) is 4.27. The average Bonchev–Trinajstić information content (AvgIpc) is 3.12. The van der Waals surface area contributed by atoms with E-state index in [4.69, 9.17) is 4.52 Å². The molecular weight excluding hydrogens is 250 g/mol. The van der Waals surface area contributed by atoms with Gasteiger partial charge in [0.1, 0.15) is 0 Å². The van der Waals surface area contributed by atoms with Gasteiger partial charge >= 0.3 is 0 Å². The van der Waals surface area contributed by atoms with Crippen LogP contribution in [0.3, 0.4) is 0 Å². The monoisotopic (exact) mass is 271 g/mol. The number of benzene rings is 1. The molecule has 4 heteroatoms. The van der Waals surface area contributed by atoms with Crippen LogP contribution in [0.5, 0.6) is 0 Å². The lowest BCUT2D eigenvalue weighted by molar-refractivity contribution is 0.354. The van der Waals surface area contributed by atoms with Crippen molar-refractivity contribution in [3.63, 3.8) is 0 Å². The Labute approximate surface area is 119 Å². The van der Waals surface area contributed by atoms with Gasteiger partial charge in [-0.25, -0.2) is 0 Å². The minimum Gasteiger partial charge on any atom is -0.338 e. The van der Waals surface area contributed by atoms with Crippen molar-refractivity contribution in [3.8, 4) is 0 Å². The van der Waals surface area contributed by atoms with Gasteiger partial charge in [-0.3, -0.25) is 0 Å². The first-order chi connectivity index (χ1) is 9.65. The quantitative estimate of drug-likeness (QED) is 0.908. The van der Waals surface area contributed by atoms with Gasteiger partial charge in [0.05, 0.1) is 5.41 Å². The number of nitrogens with one attached hydrogen (secondary N) is 1. The molecule has 1 heterocycles. The van der Waals surface area contributed by atoms with E-state index in [1.54, 1.807) is 0 Å². The highest BCUT2D eigenvalue weighted by atomic mass is 16.5. The molecule has 106 valence electrons. The number of aryl methyl sites for hydroxylation is 1. The fourth-order valence-electron chi connectivity index (χ4n) is 2.74. The Morgan fingerprint density at radius 3 is 2.75 bits per heavy atom. The van der Waals surface area contributed by atoms with Crippen molar-refractivity contribution in [2.24, 2.45) is 0 Å². The number of hydrogen-bond donors (Lipinski definition) is 1. The molecule has 1 aliphatic carbocycles. The maximum absolute atomic E-state index is 5.56. The lowest BCUT2D eigenvalue weighted by atomic mass is 9.92. The SMILES string of the molecule is CNC(C)Cc1noc(C2(c3ccccc3C)CC2)n1. The summed E-state index contributed by atoms with van der Waals surface area (Å²) < 4.78 is 5.56. The molecule has 20 heavy (non-hydrogen) atoms. The van der Waals surface area contributed by atoms with E-state index in [9.17, 15) is 0 Å². The van der Waals surface area contributed by atoms with E-state index in [0.717, 1.165) is 31.0 Å². The molecule has 0 amide bonds. The Hall–Kier alpha value is -1.68. The number of aromatic nitrogens is 2. The third-order valence-electron chi connectivity index (χ3n) is 4.27. The van der Waals surface area contributed by atoms with Gasteiger partial charge in [-0.1, -0.05) is 29.4 Å². The van der Waals surface area contributed by atoms with Crippen LogP contribution in [-0.4, -0.2) is 23.2 Å². The lowest BCUT2D eigenvalue weighted by Crippen LogP contribution is -2.24. The van der Waals surface area contributed by atoms with Gasteiger partial charge in [-0.05, 0) is 44.9 Å². The van der Waals surface area contributed by atoms with E-state index in [-0.39, 0.29) is 5.41 Å². The molecular formula is C16H21N3O. The predicted octanol–water partition coefficient (Wildman–Crippen LogP) is 2.61. The summed E-state index contributed by atoms with van der Waals surface area (Å²) >= 11 is 0. The van der Waals surface area contributed by atoms with E-state index in [2.05, 4.69) is 53.6 Å². The summed E-state index contributed by atoms with van der Waals surface area (Å²) in [5.41, 5.74) is 2.60. The molecule has 1 saturated carbocycles. The number of hydrogen-bond acceptors (Lipinski definition) is 4. The normalized spacial score (nSPS) is 17.9. The lowest BCUT2D eigenvalue weighted by Gasteiger charge is -2.13. The van der Waals surface area contributed by atoms with Crippen LogP contribution in [0, 0.1) is 6.92 Å². The summed E-state index contributed by atoms with van der Waals surface area (Å²) in [6.45, 7) is 4.26. The molecule has 1 N–H and O–H groups in total. The van der Waals surface area contributed by atoms with Crippen molar-refractivity contribution in [1.29, 1.82) is 0 Å². The van der Waals surface area contributed by atoms with Gasteiger partial charge in [0.2, 0.25) is 5.89 Å². The summed E-state index contributed by atoms with van der Waals surface area (Å²) in [5.74, 6) is 1.58. The van der Waals surface area contributed by atoms with Gasteiger partial charge in [0.25, 0.3) is 0 Å². The van der Waals surface area contributed by atoms with Crippen molar-refractivity contribution >= 4 is 0 Å². The standard InChI is InChI=1S/C16H21N3O/c1-11-6-4-5-7-13(11)16(8-9-16)15-18-14(19-20-15)10-12(2)17-3/h4-7,12,17H,8-10H2,1-3H3. The van der Waals surface area contributed by atoms with Crippen LogP contribution >= 0.6 is 0 Å². The zero-order valence-corrected chi connectivity index (χ0v) is 12.3. The molecule has 0 radical (unpaired) electrons. The zero-order chi connectivity index (χ0) is 14.2. The second-order valence-corrected chi connectivity index (χ2v) is 5.81. The fourth-order valence-corrected chi connectivity index (χ4v) is 2.74. The highest BCUT2D eigenvalue weighted by Gasteiger charge is 2.51. The molecule has 3 rings (SSSR count). The molecule has 0 saturated heterocycles. The first-order valence-corrected chi connectivity index (χ1v) is 7.22. The Morgan fingerprint density at radius 1 is 1.35 bits per heavy atom.